The summed E-state index contributed by atoms with van der Waals surface area (Å²) in [5, 5.41) is 0.684. The number of hydrogen-bond acceptors (Lipinski definition) is 4. The normalized spacial score (nSPS) is 12.3. The predicted octanol–water partition coefficient (Wildman–Crippen LogP) is 2.05. The molecule has 5 heteroatoms. The first-order chi connectivity index (χ1) is 7.84. The second kappa shape index (κ2) is 3.92. The van der Waals surface area contributed by atoms with Gasteiger partial charge in [0.25, 0.3) is 5.56 Å². The van der Waals surface area contributed by atoms with Crippen LogP contribution < -0.4 is 11.3 Å². The van der Waals surface area contributed by atoms with E-state index in [0.717, 1.165) is 21.1 Å². The number of nitrogens with one attached hydrogen (secondary N) is 1. The van der Waals surface area contributed by atoms with Crippen molar-refractivity contribution in [2.24, 2.45) is 5.73 Å². The Kier molecular flexibility index (Phi) is 2.83. The summed E-state index contributed by atoms with van der Waals surface area (Å²) >= 11 is 1.51. The number of fused-ring (bicyclic) bond motifs is 1. The standard InChI is InChI=1S/C12H17N3OS/c1-6-7(5-13)17-10-8(6)9(16)14-11(15-10)12(2,3)4/h5,13H2,1-4H3,(H,14,15,16). The van der Waals surface area contributed by atoms with Crippen LogP contribution in [0.1, 0.15) is 37.0 Å². The fourth-order valence-electron chi connectivity index (χ4n) is 1.74. The smallest absolute Gasteiger partial charge is 0.259 e. The van der Waals surface area contributed by atoms with Gasteiger partial charge in [0, 0.05) is 16.8 Å². The third-order valence-corrected chi connectivity index (χ3v) is 4.00. The molecule has 2 heterocycles. The number of aromatic nitrogens is 2. The lowest BCUT2D eigenvalue weighted by molar-refractivity contribution is 0.546. The van der Waals surface area contributed by atoms with Gasteiger partial charge in [0.15, 0.2) is 0 Å². The van der Waals surface area contributed by atoms with E-state index in [2.05, 4.69) is 9.97 Å². The summed E-state index contributed by atoms with van der Waals surface area (Å²) in [6.45, 7) is 8.47. The molecule has 0 aliphatic carbocycles. The molecular formula is C12H17N3OS. The Morgan fingerprint density at radius 1 is 1.41 bits per heavy atom. The van der Waals surface area contributed by atoms with Crippen molar-refractivity contribution in [3.05, 3.63) is 26.6 Å². The molecule has 0 aromatic carbocycles. The average Bonchev–Trinajstić information content (AvgIpc) is 2.54. The Morgan fingerprint density at radius 2 is 2.06 bits per heavy atom. The summed E-state index contributed by atoms with van der Waals surface area (Å²) < 4.78 is 0. The molecule has 0 unspecified atom stereocenters. The second-order valence-electron chi connectivity index (χ2n) is 5.20. The number of nitrogens with zero attached hydrogens (tertiary/aromatic N) is 1. The Bertz CT molecular complexity index is 619. The van der Waals surface area contributed by atoms with E-state index < -0.39 is 0 Å². The van der Waals surface area contributed by atoms with Gasteiger partial charge in [0.1, 0.15) is 10.7 Å². The molecule has 0 aliphatic rings. The molecule has 4 nitrogen and oxygen atoms in total. The molecule has 17 heavy (non-hydrogen) atoms. The summed E-state index contributed by atoms with van der Waals surface area (Å²) in [6, 6.07) is 0. The molecule has 0 amide bonds. The molecule has 0 atom stereocenters. The average molecular weight is 251 g/mol. The maximum Gasteiger partial charge on any atom is 0.259 e. The Balaban J connectivity index is 2.80. The van der Waals surface area contributed by atoms with Crippen molar-refractivity contribution in [2.45, 2.75) is 39.7 Å². The Morgan fingerprint density at radius 3 is 2.59 bits per heavy atom. The van der Waals surface area contributed by atoms with E-state index >= 15 is 0 Å². The molecule has 2 aromatic heterocycles. The number of H-pyrrole nitrogens is 1. The minimum absolute atomic E-state index is 0.0617. The SMILES string of the molecule is Cc1c(CN)sc2nc(C(C)(C)C)[nH]c(=O)c12. The maximum absolute atomic E-state index is 12.1. The highest BCUT2D eigenvalue weighted by molar-refractivity contribution is 7.18. The summed E-state index contributed by atoms with van der Waals surface area (Å²) in [4.78, 5) is 21.3. The van der Waals surface area contributed by atoms with Crippen molar-refractivity contribution in [1.82, 2.24) is 9.97 Å². The fourth-order valence-corrected chi connectivity index (χ4v) is 2.80. The van der Waals surface area contributed by atoms with E-state index in [1.54, 1.807) is 0 Å². The van der Waals surface area contributed by atoms with Crippen molar-refractivity contribution in [1.29, 1.82) is 0 Å². The van der Waals surface area contributed by atoms with Gasteiger partial charge in [-0.2, -0.15) is 0 Å². The number of thiophene rings is 1. The fraction of sp³-hybridized carbons (Fsp3) is 0.500. The zero-order chi connectivity index (χ0) is 12.8. The molecular weight excluding hydrogens is 234 g/mol. The van der Waals surface area contributed by atoms with Crippen LogP contribution in [0.5, 0.6) is 0 Å². The highest BCUT2D eigenvalue weighted by Gasteiger charge is 2.20. The van der Waals surface area contributed by atoms with Crippen LogP contribution in [0.3, 0.4) is 0 Å². The van der Waals surface area contributed by atoms with Gasteiger partial charge in [0.2, 0.25) is 0 Å². The number of aryl methyl sites for hydroxylation is 1. The number of nitrogens with two attached hydrogens (primary N) is 1. The van der Waals surface area contributed by atoms with E-state index in [9.17, 15) is 4.79 Å². The van der Waals surface area contributed by atoms with Crippen molar-refractivity contribution < 1.29 is 0 Å². The Labute approximate surface area is 104 Å². The van der Waals surface area contributed by atoms with E-state index in [-0.39, 0.29) is 11.0 Å². The molecule has 2 rings (SSSR count). The summed E-state index contributed by atoms with van der Waals surface area (Å²) in [7, 11) is 0. The van der Waals surface area contributed by atoms with E-state index in [1.165, 1.54) is 11.3 Å². The predicted molar refractivity (Wildman–Crippen MR) is 71.6 cm³/mol. The summed E-state index contributed by atoms with van der Waals surface area (Å²) in [6.07, 6.45) is 0. The van der Waals surface area contributed by atoms with Crippen molar-refractivity contribution in [3.63, 3.8) is 0 Å². The molecule has 0 radical (unpaired) electrons. The van der Waals surface area contributed by atoms with Crippen LogP contribution in [-0.2, 0) is 12.0 Å². The van der Waals surface area contributed by atoms with Gasteiger partial charge in [0.05, 0.1) is 5.39 Å². The van der Waals surface area contributed by atoms with E-state index in [4.69, 9.17) is 5.73 Å². The molecule has 0 saturated heterocycles. The lowest BCUT2D eigenvalue weighted by Gasteiger charge is -2.16. The highest BCUT2D eigenvalue weighted by Crippen LogP contribution is 2.28. The number of hydrogen-bond donors (Lipinski definition) is 2. The van der Waals surface area contributed by atoms with Gasteiger partial charge in [-0.25, -0.2) is 4.98 Å². The van der Waals surface area contributed by atoms with Crippen molar-refractivity contribution in [2.75, 3.05) is 0 Å². The summed E-state index contributed by atoms with van der Waals surface area (Å²) in [5.74, 6) is 0.722. The molecule has 0 bridgehead atoms. The maximum atomic E-state index is 12.1. The van der Waals surface area contributed by atoms with Gasteiger partial charge < -0.3 is 10.7 Å². The van der Waals surface area contributed by atoms with Gasteiger partial charge in [-0.3, -0.25) is 4.79 Å². The quantitative estimate of drug-likeness (QED) is 0.814. The Hall–Kier alpha value is -1.20. The van der Waals surface area contributed by atoms with Crippen LogP contribution >= 0.6 is 11.3 Å². The topological polar surface area (TPSA) is 71.8 Å². The van der Waals surface area contributed by atoms with Crippen molar-refractivity contribution >= 4 is 21.6 Å². The first-order valence-electron chi connectivity index (χ1n) is 5.57. The second-order valence-corrected chi connectivity index (χ2v) is 6.28. The minimum Gasteiger partial charge on any atom is -0.326 e. The molecule has 0 fully saturated rings. The number of rotatable bonds is 1. The van der Waals surface area contributed by atoms with Crippen LogP contribution in [0.2, 0.25) is 0 Å². The molecule has 0 spiro atoms. The van der Waals surface area contributed by atoms with Gasteiger partial charge in [-0.15, -0.1) is 11.3 Å². The molecule has 3 N–H and O–H groups in total. The van der Waals surface area contributed by atoms with Gasteiger partial charge in [-0.05, 0) is 12.5 Å². The van der Waals surface area contributed by atoms with E-state index in [1.807, 2.05) is 27.7 Å². The highest BCUT2D eigenvalue weighted by atomic mass is 32.1. The van der Waals surface area contributed by atoms with Crippen LogP contribution in [0.25, 0.3) is 10.2 Å². The monoisotopic (exact) mass is 251 g/mol. The first-order valence-corrected chi connectivity index (χ1v) is 6.39. The lowest BCUT2D eigenvalue weighted by atomic mass is 9.96. The first kappa shape index (κ1) is 12.3. The lowest BCUT2D eigenvalue weighted by Crippen LogP contribution is -2.21. The molecule has 2 aromatic rings. The van der Waals surface area contributed by atoms with Crippen LogP contribution in [0.15, 0.2) is 4.79 Å². The largest absolute Gasteiger partial charge is 0.326 e. The zero-order valence-electron chi connectivity index (χ0n) is 10.5. The molecule has 92 valence electrons. The van der Waals surface area contributed by atoms with Crippen LogP contribution in [0.4, 0.5) is 0 Å². The van der Waals surface area contributed by atoms with Crippen LogP contribution in [-0.4, -0.2) is 9.97 Å². The third kappa shape index (κ3) is 2.00. The van der Waals surface area contributed by atoms with Crippen molar-refractivity contribution in [3.8, 4) is 0 Å². The van der Waals surface area contributed by atoms with Crippen LogP contribution in [0, 0.1) is 6.92 Å². The van der Waals surface area contributed by atoms with E-state index in [0.29, 0.717) is 11.9 Å². The number of aromatic amines is 1. The van der Waals surface area contributed by atoms with Gasteiger partial charge in [-0.1, -0.05) is 20.8 Å². The molecule has 0 aliphatic heterocycles. The summed E-state index contributed by atoms with van der Waals surface area (Å²) in [5.41, 5.74) is 6.40. The van der Waals surface area contributed by atoms with Gasteiger partial charge >= 0.3 is 0 Å². The third-order valence-electron chi connectivity index (χ3n) is 2.80. The molecule has 0 saturated carbocycles. The minimum atomic E-state index is -0.159. The zero-order valence-corrected chi connectivity index (χ0v) is 11.4.